The maximum absolute atomic E-state index is 13.7. The Morgan fingerprint density at radius 1 is 1.21 bits per heavy atom. The van der Waals surface area contributed by atoms with Gasteiger partial charge in [-0.1, -0.05) is 24.3 Å². The molecule has 0 radical (unpaired) electrons. The van der Waals surface area contributed by atoms with Crippen molar-refractivity contribution in [1.29, 1.82) is 0 Å². The third kappa shape index (κ3) is 3.97. The van der Waals surface area contributed by atoms with E-state index in [0.29, 0.717) is 24.5 Å². The summed E-state index contributed by atoms with van der Waals surface area (Å²) in [5.74, 6) is 0.742. The number of amides is 1. The van der Waals surface area contributed by atoms with E-state index in [2.05, 4.69) is 9.88 Å². The molecule has 4 aromatic rings. The molecule has 2 heterocycles. The minimum absolute atomic E-state index is 0.0350. The number of anilines is 1. The number of aromatic hydroxyl groups is 1. The molecule has 0 aliphatic carbocycles. The third-order valence-electron chi connectivity index (χ3n) is 6.51. The van der Waals surface area contributed by atoms with Gasteiger partial charge in [-0.05, 0) is 56.2 Å². The highest BCUT2D eigenvalue weighted by atomic mass is 35.5. The minimum atomic E-state index is -0.172. The Hall–Kier alpha value is -3.22. The van der Waals surface area contributed by atoms with Crippen LogP contribution in [0, 0.1) is 0 Å². The predicted octanol–water partition coefficient (Wildman–Crippen LogP) is 5.34. The molecule has 1 aliphatic heterocycles. The molecule has 6 nitrogen and oxygen atoms in total. The first-order valence-corrected chi connectivity index (χ1v) is 11.9. The maximum atomic E-state index is 13.7. The smallest absolute Gasteiger partial charge is 0.274 e. The number of alkyl halides is 1. The molecule has 1 aliphatic rings. The van der Waals surface area contributed by atoms with Gasteiger partial charge in [0.25, 0.3) is 5.91 Å². The van der Waals surface area contributed by atoms with Crippen LogP contribution in [0.5, 0.6) is 11.5 Å². The summed E-state index contributed by atoms with van der Waals surface area (Å²) in [6.45, 7) is 3.83. The van der Waals surface area contributed by atoms with E-state index in [9.17, 15) is 9.90 Å². The zero-order valence-electron chi connectivity index (χ0n) is 19.5. The standard InChI is InChI=1S/C27H28ClN3O3/c1-16(28)21-15-31(24-14-25(32)19-6-4-5-7-20(19)26(21)24)27(33)23-13-17-12-18(8-9-22(17)29-23)34-11-10-30(2)3/h4-9,12-14,16,21,29,32H,10-11,15H2,1-3H3/t16?,21-/m0/s1. The number of H-pyrrole nitrogens is 1. The summed E-state index contributed by atoms with van der Waals surface area (Å²) in [6, 6.07) is 17.0. The van der Waals surface area contributed by atoms with E-state index < -0.39 is 0 Å². The van der Waals surface area contributed by atoms with Gasteiger partial charge in [0, 0.05) is 46.7 Å². The topological polar surface area (TPSA) is 68.8 Å². The number of likely N-dealkylation sites (N-methyl/N-ethyl adjacent to an activating group) is 1. The van der Waals surface area contributed by atoms with Gasteiger partial charge in [-0.25, -0.2) is 0 Å². The Bertz CT molecular complexity index is 1380. The summed E-state index contributed by atoms with van der Waals surface area (Å²) in [7, 11) is 4.01. The molecule has 0 spiro atoms. The number of benzene rings is 3. The zero-order valence-corrected chi connectivity index (χ0v) is 20.3. The second-order valence-electron chi connectivity index (χ2n) is 9.16. The van der Waals surface area contributed by atoms with Crippen molar-refractivity contribution in [3.63, 3.8) is 0 Å². The molecule has 0 saturated heterocycles. The highest BCUT2D eigenvalue weighted by Crippen LogP contribution is 2.47. The molecule has 1 unspecified atom stereocenters. The van der Waals surface area contributed by atoms with Crippen LogP contribution in [0.4, 0.5) is 5.69 Å². The van der Waals surface area contributed by atoms with Crippen LogP contribution in [0.25, 0.3) is 21.7 Å². The van der Waals surface area contributed by atoms with Gasteiger partial charge in [0.2, 0.25) is 0 Å². The van der Waals surface area contributed by atoms with Gasteiger partial charge in [0.15, 0.2) is 0 Å². The van der Waals surface area contributed by atoms with E-state index in [-0.39, 0.29) is 23.0 Å². The van der Waals surface area contributed by atoms with Crippen molar-refractivity contribution in [3.8, 4) is 11.5 Å². The van der Waals surface area contributed by atoms with E-state index in [1.165, 1.54) is 0 Å². The average molecular weight is 478 g/mol. The first kappa shape index (κ1) is 22.6. The Kier molecular flexibility index (Phi) is 5.88. The van der Waals surface area contributed by atoms with Gasteiger partial charge in [0.1, 0.15) is 23.8 Å². The van der Waals surface area contributed by atoms with Gasteiger partial charge < -0.3 is 24.6 Å². The molecule has 1 amide bonds. The van der Waals surface area contributed by atoms with Crippen LogP contribution in [0.15, 0.2) is 54.6 Å². The number of aromatic amines is 1. The number of fused-ring (bicyclic) bond motifs is 4. The highest BCUT2D eigenvalue weighted by molar-refractivity contribution is 6.22. The number of carbonyl (C=O) groups excluding carboxylic acids is 1. The number of rotatable bonds is 6. The molecule has 1 aromatic heterocycles. The number of ether oxygens (including phenoxy) is 1. The van der Waals surface area contributed by atoms with Gasteiger partial charge in [-0.15, -0.1) is 11.6 Å². The molecule has 2 atom stereocenters. The first-order chi connectivity index (χ1) is 16.3. The van der Waals surface area contributed by atoms with Crippen molar-refractivity contribution in [1.82, 2.24) is 9.88 Å². The van der Waals surface area contributed by atoms with Gasteiger partial charge >= 0.3 is 0 Å². The molecule has 0 fully saturated rings. The second kappa shape index (κ2) is 8.85. The van der Waals surface area contributed by atoms with Crippen molar-refractivity contribution >= 4 is 44.9 Å². The molecule has 3 aromatic carbocycles. The van der Waals surface area contributed by atoms with Crippen molar-refractivity contribution in [3.05, 3.63) is 65.9 Å². The lowest BCUT2D eigenvalue weighted by Gasteiger charge is -2.18. The number of carbonyl (C=O) groups is 1. The number of nitrogens with zero attached hydrogens (tertiary/aromatic N) is 2. The molecule has 34 heavy (non-hydrogen) atoms. The Balaban J connectivity index is 1.49. The van der Waals surface area contributed by atoms with E-state index in [4.69, 9.17) is 16.3 Å². The molecular weight excluding hydrogens is 450 g/mol. The summed E-state index contributed by atoms with van der Waals surface area (Å²) in [6.07, 6.45) is 0. The first-order valence-electron chi connectivity index (χ1n) is 11.4. The molecule has 2 N–H and O–H groups in total. The lowest BCUT2D eigenvalue weighted by molar-refractivity contribution is 0.0984. The molecule has 5 rings (SSSR count). The van der Waals surface area contributed by atoms with Crippen LogP contribution in [0.2, 0.25) is 0 Å². The second-order valence-corrected chi connectivity index (χ2v) is 9.85. The zero-order chi connectivity index (χ0) is 24.0. The molecule has 176 valence electrons. The number of aromatic nitrogens is 1. The van der Waals surface area contributed by atoms with Crippen LogP contribution in [0.3, 0.4) is 0 Å². The van der Waals surface area contributed by atoms with Crippen molar-refractivity contribution in [2.45, 2.75) is 18.2 Å². The molecule has 0 saturated carbocycles. The number of phenolic OH excluding ortho intramolecular Hbond substituents is 1. The van der Waals surface area contributed by atoms with Gasteiger partial charge in [0.05, 0.1) is 5.69 Å². The minimum Gasteiger partial charge on any atom is -0.507 e. The number of phenols is 1. The summed E-state index contributed by atoms with van der Waals surface area (Å²) in [4.78, 5) is 20.7. The van der Waals surface area contributed by atoms with Crippen LogP contribution in [-0.2, 0) is 0 Å². The van der Waals surface area contributed by atoms with Gasteiger partial charge in [-0.2, -0.15) is 0 Å². The lowest BCUT2D eigenvalue weighted by Crippen LogP contribution is -2.31. The average Bonchev–Trinajstić information content (AvgIpc) is 3.40. The molecule has 7 heteroatoms. The lowest BCUT2D eigenvalue weighted by atomic mass is 9.92. The van der Waals surface area contributed by atoms with E-state index >= 15 is 0 Å². The number of halogens is 1. The number of hydrogen-bond acceptors (Lipinski definition) is 4. The Morgan fingerprint density at radius 2 is 1.97 bits per heavy atom. The van der Waals surface area contributed by atoms with Crippen molar-refractivity contribution in [2.75, 3.05) is 38.7 Å². The van der Waals surface area contributed by atoms with Crippen LogP contribution in [-0.4, -0.2) is 60.1 Å². The van der Waals surface area contributed by atoms with Crippen LogP contribution >= 0.6 is 11.6 Å². The summed E-state index contributed by atoms with van der Waals surface area (Å²) in [5, 5.41) is 13.1. The highest BCUT2D eigenvalue weighted by Gasteiger charge is 2.37. The molecule has 0 bridgehead atoms. The number of hydrogen-bond donors (Lipinski definition) is 2. The van der Waals surface area contributed by atoms with Gasteiger partial charge in [-0.3, -0.25) is 4.79 Å². The quantitative estimate of drug-likeness (QED) is 0.368. The van der Waals surface area contributed by atoms with E-state index in [0.717, 1.165) is 39.5 Å². The fourth-order valence-corrected chi connectivity index (χ4v) is 4.94. The SMILES string of the molecule is CC(Cl)[C@@H]1CN(C(=O)c2cc3cc(OCCN(C)C)ccc3[nH]2)c2cc(O)c3ccccc3c21. The summed E-state index contributed by atoms with van der Waals surface area (Å²) in [5.41, 5.74) is 3.08. The van der Waals surface area contributed by atoms with E-state index in [1.54, 1.807) is 11.0 Å². The van der Waals surface area contributed by atoms with Crippen LogP contribution in [0.1, 0.15) is 28.9 Å². The van der Waals surface area contributed by atoms with E-state index in [1.807, 2.05) is 69.6 Å². The van der Waals surface area contributed by atoms with Crippen LogP contribution < -0.4 is 9.64 Å². The Morgan fingerprint density at radius 3 is 2.71 bits per heavy atom. The summed E-state index contributed by atoms with van der Waals surface area (Å²) >= 11 is 6.59. The maximum Gasteiger partial charge on any atom is 0.274 e. The number of nitrogens with one attached hydrogen (secondary N) is 1. The Labute approximate surface area is 203 Å². The normalized spacial score (nSPS) is 16.4. The fourth-order valence-electron chi connectivity index (χ4n) is 4.74. The third-order valence-corrected chi connectivity index (χ3v) is 6.82. The predicted molar refractivity (Wildman–Crippen MR) is 138 cm³/mol. The fraction of sp³-hybridized carbons (Fsp3) is 0.296. The molecular formula is C27H28ClN3O3. The monoisotopic (exact) mass is 477 g/mol. The van der Waals surface area contributed by atoms with Crippen molar-refractivity contribution < 1.29 is 14.6 Å². The largest absolute Gasteiger partial charge is 0.507 e. The summed E-state index contributed by atoms with van der Waals surface area (Å²) < 4.78 is 5.84. The van der Waals surface area contributed by atoms with Crippen molar-refractivity contribution in [2.24, 2.45) is 0 Å².